The van der Waals surface area contributed by atoms with Gasteiger partial charge in [-0.25, -0.2) is 4.39 Å². The highest BCUT2D eigenvalue weighted by Gasteiger charge is 2.28. The molecule has 1 aromatic carbocycles. The van der Waals surface area contributed by atoms with Gasteiger partial charge in [0.15, 0.2) is 0 Å². The molecule has 2 rings (SSSR count). The number of halogens is 1. The number of anilines is 1. The van der Waals surface area contributed by atoms with Crippen molar-refractivity contribution in [3.8, 4) is 0 Å². The predicted molar refractivity (Wildman–Crippen MR) is 66.5 cm³/mol. The van der Waals surface area contributed by atoms with Gasteiger partial charge in [0.05, 0.1) is 12.3 Å². The highest BCUT2D eigenvalue weighted by Crippen LogP contribution is 2.25. The monoisotopic (exact) mass is 238 g/mol. The standard InChI is InChI=1S/C13H19FN2O/c14-11-4-1-2-5-12(11)16-8-3-6-13(15,10-17)7-9-16/h1-2,4-5,17H,3,6-10,15H2. The van der Waals surface area contributed by atoms with E-state index < -0.39 is 5.54 Å². The van der Waals surface area contributed by atoms with Gasteiger partial charge < -0.3 is 15.7 Å². The van der Waals surface area contributed by atoms with Gasteiger partial charge in [-0.1, -0.05) is 12.1 Å². The average Bonchev–Trinajstić information content (AvgIpc) is 2.53. The Morgan fingerprint density at radius 1 is 1.29 bits per heavy atom. The molecule has 94 valence electrons. The molecule has 1 saturated heterocycles. The lowest BCUT2D eigenvalue weighted by molar-refractivity contribution is 0.183. The molecular formula is C13H19FN2O. The summed E-state index contributed by atoms with van der Waals surface area (Å²) in [5, 5.41) is 9.27. The Morgan fingerprint density at radius 3 is 2.76 bits per heavy atom. The zero-order valence-electron chi connectivity index (χ0n) is 9.90. The van der Waals surface area contributed by atoms with Crippen LogP contribution in [-0.2, 0) is 0 Å². The summed E-state index contributed by atoms with van der Waals surface area (Å²) >= 11 is 0. The van der Waals surface area contributed by atoms with Gasteiger partial charge in [0.2, 0.25) is 0 Å². The van der Waals surface area contributed by atoms with E-state index in [-0.39, 0.29) is 12.4 Å². The summed E-state index contributed by atoms with van der Waals surface area (Å²) < 4.78 is 13.7. The number of nitrogens with zero attached hydrogens (tertiary/aromatic N) is 1. The Hall–Kier alpha value is -1.13. The quantitative estimate of drug-likeness (QED) is 0.821. The Kier molecular flexibility index (Phi) is 3.64. The summed E-state index contributed by atoms with van der Waals surface area (Å²) in [5.74, 6) is -0.194. The first-order chi connectivity index (χ1) is 8.14. The molecule has 4 heteroatoms. The number of aliphatic hydroxyl groups excluding tert-OH is 1. The Balaban J connectivity index is 2.12. The molecule has 3 nitrogen and oxygen atoms in total. The summed E-state index contributed by atoms with van der Waals surface area (Å²) in [5.41, 5.74) is 6.20. The van der Waals surface area contributed by atoms with Gasteiger partial charge in [0.25, 0.3) is 0 Å². The molecule has 0 aliphatic carbocycles. The molecular weight excluding hydrogens is 219 g/mol. The van der Waals surface area contributed by atoms with Gasteiger partial charge in [-0.2, -0.15) is 0 Å². The van der Waals surface area contributed by atoms with Crippen LogP contribution in [0.25, 0.3) is 0 Å². The minimum atomic E-state index is -0.500. The third-order valence-electron chi connectivity index (χ3n) is 3.49. The van der Waals surface area contributed by atoms with Crippen LogP contribution in [0.4, 0.5) is 10.1 Å². The van der Waals surface area contributed by atoms with E-state index in [0.29, 0.717) is 18.7 Å². The number of para-hydroxylation sites is 1. The zero-order valence-corrected chi connectivity index (χ0v) is 9.90. The van der Waals surface area contributed by atoms with Gasteiger partial charge >= 0.3 is 0 Å². The number of hydrogen-bond donors (Lipinski definition) is 2. The molecule has 17 heavy (non-hydrogen) atoms. The average molecular weight is 238 g/mol. The van der Waals surface area contributed by atoms with Crippen LogP contribution < -0.4 is 10.6 Å². The van der Waals surface area contributed by atoms with Crippen LogP contribution in [0.1, 0.15) is 19.3 Å². The van der Waals surface area contributed by atoms with E-state index in [1.807, 2.05) is 11.0 Å². The topological polar surface area (TPSA) is 49.5 Å². The van der Waals surface area contributed by atoms with Crippen LogP contribution in [0.2, 0.25) is 0 Å². The lowest BCUT2D eigenvalue weighted by atomic mass is 9.93. The summed E-state index contributed by atoms with van der Waals surface area (Å²) in [6.45, 7) is 1.48. The molecule has 1 heterocycles. The van der Waals surface area contributed by atoms with E-state index in [9.17, 15) is 9.50 Å². The van der Waals surface area contributed by atoms with E-state index in [0.717, 1.165) is 19.4 Å². The van der Waals surface area contributed by atoms with Crippen LogP contribution >= 0.6 is 0 Å². The van der Waals surface area contributed by atoms with Gasteiger partial charge in [-0.3, -0.25) is 0 Å². The lowest BCUT2D eigenvalue weighted by Gasteiger charge is -2.26. The van der Waals surface area contributed by atoms with Crippen LogP contribution in [-0.4, -0.2) is 30.3 Å². The first-order valence-corrected chi connectivity index (χ1v) is 6.04. The summed E-state index contributed by atoms with van der Waals surface area (Å²) in [6, 6.07) is 6.79. The highest BCUT2D eigenvalue weighted by molar-refractivity contribution is 5.47. The molecule has 0 spiro atoms. The molecule has 0 saturated carbocycles. The number of benzene rings is 1. The Morgan fingerprint density at radius 2 is 2.06 bits per heavy atom. The van der Waals surface area contributed by atoms with E-state index in [4.69, 9.17) is 5.73 Å². The largest absolute Gasteiger partial charge is 0.394 e. The molecule has 1 unspecified atom stereocenters. The normalized spacial score (nSPS) is 25.7. The van der Waals surface area contributed by atoms with Crippen LogP contribution in [0.15, 0.2) is 24.3 Å². The van der Waals surface area contributed by atoms with Crippen molar-refractivity contribution in [2.24, 2.45) is 5.73 Å². The van der Waals surface area contributed by atoms with Crippen molar-refractivity contribution in [1.82, 2.24) is 0 Å². The van der Waals surface area contributed by atoms with Crippen molar-refractivity contribution in [2.45, 2.75) is 24.8 Å². The fraction of sp³-hybridized carbons (Fsp3) is 0.538. The van der Waals surface area contributed by atoms with Crippen LogP contribution in [0.3, 0.4) is 0 Å². The molecule has 0 amide bonds. The Labute approximate surface area is 101 Å². The minimum absolute atomic E-state index is 0.00187. The summed E-state index contributed by atoms with van der Waals surface area (Å²) in [6.07, 6.45) is 2.36. The SMILES string of the molecule is NC1(CO)CCCN(c2ccccc2F)CC1. The first kappa shape index (κ1) is 12.3. The second kappa shape index (κ2) is 5.02. The predicted octanol–water partition coefficient (Wildman–Crippen LogP) is 1.51. The van der Waals surface area contributed by atoms with Gasteiger partial charge in [0, 0.05) is 18.6 Å². The smallest absolute Gasteiger partial charge is 0.146 e. The molecule has 1 atom stereocenters. The maximum atomic E-state index is 13.7. The molecule has 1 fully saturated rings. The molecule has 0 aromatic heterocycles. The van der Waals surface area contributed by atoms with Gasteiger partial charge in [0.1, 0.15) is 5.82 Å². The van der Waals surface area contributed by atoms with Crippen molar-refractivity contribution in [3.63, 3.8) is 0 Å². The number of aliphatic hydroxyl groups is 1. The number of hydrogen-bond acceptors (Lipinski definition) is 3. The summed E-state index contributed by atoms with van der Waals surface area (Å²) in [7, 11) is 0. The molecule has 1 aromatic rings. The third kappa shape index (κ3) is 2.76. The molecule has 0 bridgehead atoms. The lowest BCUT2D eigenvalue weighted by Crippen LogP contribution is -2.44. The van der Waals surface area contributed by atoms with Crippen molar-refractivity contribution >= 4 is 5.69 Å². The van der Waals surface area contributed by atoms with Gasteiger partial charge in [-0.05, 0) is 31.4 Å². The van der Waals surface area contributed by atoms with Crippen molar-refractivity contribution in [1.29, 1.82) is 0 Å². The minimum Gasteiger partial charge on any atom is -0.394 e. The Bertz CT molecular complexity index is 385. The fourth-order valence-electron chi connectivity index (χ4n) is 2.32. The van der Waals surface area contributed by atoms with Gasteiger partial charge in [-0.15, -0.1) is 0 Å². The summed E-state index contributed by atoms with van der Waals surface area (Å²) in [4.78, 5) is 2.01. The van der Waals surface area contributed by atoms with E-state index in [1.165, 1.54) is 6.07 Å². The maximum absolute atomic E-state index is 13.7. The first-order valence-electron chi connectivity index (χ1n) is 6.04. The second-order valence-corrected chi connectivity index (χ2v) is 4.81. The fourth-order valence-corrected chi connectivity index (χ4v) is 2.32. The third-order valence-corrected chi connectivity index (χ3v) is 3.49. The van der Waals surface area contributed by atoms with E-state index >= 15 is 0 Å². The molecule has 3 N–H and O–H groups in total. The molecule has 0 radical (unpaired) electrons. The number of nitrogens with two attached hydrogens (primary N) is 1. The van der Waals surface area contributed by atoms with Crippen molar-refractivity contribution in [2.75, 3.05) is 24.6 Å². The van der Waals surface area contributed by atoms with Crippen LogP contribution in [0.5, 0.6) is 0 Å². The zero-order chi connectivity index (χ0) is 12.3. The maximum Gasteiger partial charge on any atom is 0.146 e. The van der Waals surface area contributed by atoms with Crippen molar-refractivity contribution in [3.05, 3.63) is 30.1 Å². The molecule has 1 aliphatic heterocycles. The van der Waals surface area contributed by atoms with Crippen molar-refractivity contribution < 1.29 is 9.50 Å². The highest BCUT2D eigenvalue weighted by atomic mass is 19.1. The number of rotatable bonds is 2. The van der Waals surface area contributed by atoms with E-state index in [1.54, 1.807) is 12.1 Å². The van der Waals surface area contributed by atoms with E-state index in [2.05, 4.69) is 0 Å². The molecule has 1 aliphatic rings. The second-order valence-electron chi connectivity index (χ2n) is 4.81. The van der Waals surface area contributed by atoms with Crippen LogP contribution in [0, 0.1) is 5.82 Å².